The van der Waals surface area contributed by atoms with Crippen molar-refractivity contribution >= 4 is 5.78 Å². The van der Waals surface area contributed by atoms with Gasteiger partial charge in [-0.2, -0.15) is 0 Å². The van der Waals surface area contributed by atoms with Gasteiger partial charge >= 0.3 is 1.43 Å². The Bertz CT molecular complexity index is 5550. The Morgan fingerprint density at radius 1 is 0.193 bits per heavy atom. The van der Waals surface area contributed by atoms with E-state index in [1.165, 1.54) is 89.0 Å². The lowest BCUT2D eigenvalue weighted by molar-refractivity contribution is 0.104. The van der Waals surface area contributed by atoms with Crippen LogP contribution in [0.3, 0.4) is 0 Å². The Labute approximate surface area is 626 Å². The first kappa shape index (κ1) is 70.0. The van der Waals surface area contributed by atoms with E-state index in [-0.39, 0.29) is 81.7 Å². The number of ketones is 1. The summed E-state index contributed by atoms with van der Waals surface area (Å²) < 4.78 is 6.14. The van der Waals surface area contributed by atoms with E-state index in [2.05, 4.69) is 48.5 Å². The summed E-state index contributed by atoms with van der Waals surface area (Å²) in [6.45, 7) is 0. The third kappa shape index (κ3) is 11.4. The lowest BCUT2D eigenvalue weighted by atomic mass is 9.66. The summed E-state index contributed by atoms with van der Waals surface area (Å²) in [5.74, 6) is 1.33. The average molecular weight is 1440 g/mol. The van der Waals surface area contributed by atoms with Crippen LogP contribution in [0.2, 0.25) is 0 Å². The number of carbonyl (C=O) groups is 1. The molecule has 5 aliphatic rings. The first-order valence-electron chi connectivity index (χ1n) is 34.7. The number of rotatable bonds is 4. The number of phenolic OH excluding ortho intramolecular Hbond substituents is 12. The maximum absolute atomic E-state index is 11.9. The van der Waals surface area contributed by atoms with Gasteiger partial charge in [0.1, 0.15) is 80.5 Å². The Kier molecular flexibility index (Phi) is 17.8. The predicted octanol–water partition coefficient (Wildman–Crippen LogP) is 18.6. The number of hydrogen-bond donors (Lipinski definition) is 12. The molecule has 1 spiro atoms. The van der Waals surface area contributed by atoms with Gasteiger partial charge in [0.2, 0.25) is 0 Å². The van der Waals surface area contributed by atoms with Gasteiger partial charge < -0.3 is 71.5 Å². The molecule has 15 heteroatoms. The minimum Gasteiger partial charge on any atom is -0.508 e. The van der Waals surface area contributed by atoms with E-state index in [4.69, 9.17) is 14.9 Å². The van der Waals surface area contributed by atoms with Gasteiger partial charge in [-0.1, -0.05) is 237 Å². The summed E-state index contributed by atoms with van der Waals surface area (Å²) in [6.07, 6.45) is 0. The third-order valence-corrected chi connectivity index (χ3v) is 20.8. The van der Waals surface area contributed by atoms with Gasteiger partial charge in [-0.3, -0.25) is 4.79 Å². The standard InChI is InChI=1S/2C25H18O4.C25H16O3.C13H8O.C6H6O2.H2O/c2*26-15-9-11-21(23(28)13-15)25(22-12-10-16(27)14-24(22)29)19-7-3-1-5-17(19)18-6-2-4-8-20(18)25;26-15-9-11-21-23(13-15)28-24-14-16(27)10-12-22(24)25(21)19-7-3-1-5-17(19)18-6-2-4-8-20(18)25;14-13-11-7-3-1-5-9(11)10-6-2-4-8-12(10)13;7-5-2-1-3-6(8)4-5;/h2*1-14,26-29H;1-14,26-27H;1-8H;1-4,7-8H;1H2/p+1. The number of carbonyl (C=O) groups excluding carboxylic acids is 1. The molecule has 1 aliphatic heterocycles. The van der Waals surface area contributed by atoms with Crippen molar-refractivity contribution in [2.75, 3.05) is 0 Å². The quantitative estimate of drug-likeness (QED) is 0.0780. The Balaban J connectivity index is 0.000000120. The fourth-order valence-corrected chi connectivity index (χ4v) is 16.6. The van der Waals surface area contributed by atoms with Crippen molar-refractivity contribution in [3.05, 3.63) is 405 Å². The average Bonchev–Trinajstić information content (AvgIpc) is 1.50. The van der Waals surface area contributed by atoms with E-state index in [0.29, 0.717) is 33.8 Å². The molecule has 20 rings (SSSR count). The van der Waals surface area contributed by atoms with E-state index in [9.17, 15) is 55.9 Å². The Hall–Kier alpha value is -14.7. The maximum atomic E-state index is 11.9. The first-order chi connectivity index (χ1) is 52.4. The molecule has 534 valence electrons. The van der Waals surface area contributed by atoms with Crippen LogP contribution in [0.4, 0.5) is 0 Å². The second-order valence-corrected chi connectivity index (χ2v) is 26.7. The van der Waals surface area contributed by atoms with E-state index < -0.39 is 16.2 Å². The highest BCUT2D eigenvalue weighted by Gasteiger charge is 2.53. The molecule has 0 fully saturated rings. The molecule has 15 aromatic rings. The molecule has 1 heterocycles. The van der Waals surface area contributed by atoms with Crippen LogP contribution in [0.1, 0.15) is 84.1 Å². The van der Waals surface area contributed by atoms with Crippen LogP contribution < -0.4 is 4.74 Å². The zero-order valence-electron chi connectivity index (χ0n) is 58.9. The normalized spacial score (nSPS) is 13.3. The van der Waals surface area contributed by atoms with Crippen molar-refractivity contribution < 1.29 is 77.7 Å². The lowest BCUT2D eigenvalue weighted by Crippen LogP contribution is -2.32. The molecule has 0 saturated carbocycles. The SMILES string of the molecule is O.O=C1c2ccccc2-c2ccccc21.Oc1ccc(C2(c3ccc(O)cc3O)c3ccccc3-c3ccccc32)c(O)c1.Oc1ccc(C2(c3ccc(O)cc3O)c3ccccc3-c3ccccc32)c(O)c1.Oc1ccc2c(c1)Oc1cc(O)ccc1C21c2ccccc2-c2ccccc21.Oc1cccc(O)c1.[H+]. The summed E-state index contributed by atoms with van der Waals surface area (Å²) in [7, 11) is 0. The molecule has 109 heavy (non-hydrogen) atoms. The number of hydrogen-bond acceptors (Lipinski definition) is 14. The minimum absolute atomic E-state index is 0. The van der Waals surface area contributed by atoms with E-state index in [0.717, 1.165) is 77.9 Å². The maximum Gasteiger partial charge on any atom is 1.00 e. The molecule has 0 unspecified atom stereocenters. The fourth-order valence-electron chi connectivity index (χ4n) is 16.6. The molecule has 0 radical (unpaired) electrons. The highest BCUT2D eigenvalue weighted by Crippen LogP contribution is 2.65. The zero-order valence-corrected chi connectivity index (χ0v) is 57.9. The third-order valence-electron chi connectivity index (χ3n) is 20.8. The molecule has 4 aliphatic carbocycles. The molecular formula is C94H69O15+. The van der Waals surface area contributed by atoms with Crippen molar-refractivity contribution in [2.24, 2.45) is 0 Å². The molecule has 15 nitrogen and oxygen atoms in total. The topological polar surface area (TPSA) is 301 Å². The molecule has 0 saturated heterocycles. The number of ether oxygens (including phenoxy) is 1. The highest BCUT2D eigenvalue weighted by atomic mass is 16.5. The van der Waals surface area contributed by atoms with Gasteiger partial charge in [0.25, 0.3) is 0 Å². The monoisotopic (exact) mass is 1440 g/mol. The Morgan fingerprint density at radius 3 is 0.633 bits per heavy atom. The van der Waals surface area contributed by atoms with Crippen LogP contribution in [-0.4, -0.2) is 72.5 Å². The van der Waals surface area contributed by atoms with Crippen LogP contribution >= 0.6 is 0 Å². The molecule has 14 N–H and O–H groups in total. The predicted molar refractivity (Wildman–Crippen MR) is 418 cm³/mol. The summed E-state index contributed by atoms with van der Waals surface area (Å²) in [4.78, 5) is 11.9. The largest absolute Gasteiger partial charge is 1.00 e. The second kappa shape index (κ2) is 27.7. The fraction of sp³-hybridized carbons (Fsp3) is 0.0319. The number of aromatic hydroxyl groups is 12. The zero-order chi connectivity index (χ0) is 74.8. The minimum atomic E-state index is -1.01. The van der Waals surface area contributed by atoms with Gasteiger partial charge in [-0.05, 0) is 126 Å². The van der Waals surface area contributed by atoms with Crippen molar-refractivity contribution in [3.63, 3.8) is 0 Å². The van der Waals surface area contributed by atoms with E-state index in [1.807, 2.05) is 158 Å². The molecular weight excluding hydrogens is 1370 g/mol. The summed E-state index contributed by atoms with van der Waals surface area (Å²) in [5.41, 5.74) is 17.7. The van der Waals surface area contributed by atoms with Crippen molar-refractivity contribution in [1.82, 2.24) is 0 Å². The molecule has 0 atom stereocenters. The van der Waals surface area contributed by atoms with Gasteiger partial charge in [0.15, 0.2) is 5.78 Å². The second-order valence-electron chi connectivity index (χ2n) is 26.7. The van der Waals surface area contributed by atoms with Crippen molar-refractivity contribution in [1.29, 1.82) is 0 Å². The van der Waals surface area contributed by atoms with Crippen molar-refractivity contribution in [3.8, 4) is 125 Å². The smallest absolute Gasteiger partial charge is 0.508 e. The highest BCUT2D eigenvalue weighted by molar-refractivity contribution is 6.21. The van der Waals surface area contributed by atoms with Crippen molar-refractivity contribution in [2.45, 2.75) is 16.2 Å². The first-order valence-corrected chi connectivity index (χ1v) is 34.7. The summed E-state index contributed by atoms with van der Waals surface area (Å²) in [6, 6.07) is 98.4. The molecule has 0 bridgehead atoms. The molecule has 0 aromatic heterocycles. The van der Waals surface area contributed by atoms with Gasteiger partial charge in [-0.15, -0.1) is 0 Å². The van der Waals surface area contributed by atoms with Crippen LogP contribution in [-0.2, 0) is 16.2 Å². The van der Waals surface area contributed by atoms with Crippen LogP contribution in [0.5, 0.6) is 80.5 Å². The number of benzene rings is 15. The molecule has 0 amide bonds. The summed E-state index contributed by atoms with van der Waals surface area (Å²) in [5, 5.41) is 121. The van der Waals surface area contributed by atoms with Crippen LogP contribution in [0, 0.1) is 0 Å². The Morgan fingerprint density at radius 2 is 0.394 bits per heavy atom. The van der Waals surface area contributed by atoms with Crippen LogP contribution in [0.15, 0.2) is 328 Å². The molecule has 15 aromatic carbocycles. The summed E-state index contributed by atoms with van der Waals surface area (Å²) >= 11 is 0. The van der Waals surface area contributed by atoms with E-state index >= 15 is 0 Å². The van der Waals surface area contributed by atoms with Gasteiger partial charge in [0.05, 0.1) is 16.2 Å². The van der Waals surface area contributed by atoms with E-state index in [1.54, 1.807) is 54.6 Å². The number of fused-ring (bicyclic) bond motifs is 18. The van der Waals surface area contributed by atoms with Crippen LogP contribution in [0.25, 0.3) is 44.5 Å². The van der Waals surface area contributed by atoms with Gasteiger partial charge in [-0.25, -0.2) is 0 Å². The number of phenols is 12. The lowest BCUT2D eigenvalue weighted by Gasteiger charge is -2.39. The van der Waals surface area contributed by atoms with Gasteiger partial charge in [0, 0.05) is 87.0 Å².